The van der Waals surface area contributed by atoms with E-state index in [1.807, 2.05) is 6.92 Å². The van der Waals surface area contributed by atoms with Crippen LogP contribution in [0.3, 0.4) is 0 Å². The van der Waals surface area contributed by atoms with Gasteiger partial charge in [-0.25, -0.2) is 17.9 Å². The number of aromatic carboxylic acids is 1. The molecular weight excluding hydrogens is 306 g/mol. The van der Waals surface area contributed by atoms with Gasteiger partial charge in [-0.2, -0.15) is 11.8 Å². The smallest absolute Gasteiger partial charge is 0.347 e. The van der Waals surface area contributed by atoms with Crippen molar-refractivity contribution >= 4 is 39.1 Å². The van der Waals surface area contributed by atoms with Gasteiger partial charge in [0.1, 0.15) is 9.77 Å². The van der Waals surface area contributed by atoms with Gasteiger partial charge in [-0.15, -0.1) is 11.3 Å². The van der Waals surface area contributed by atoms with Gasteiger partial charge in [0.15, 0.2) is 0 Å². The molecule has 1 unspecified atom stereocenters. The fourth-order valence-corrected chi connectivity index (χ4v) is 4.80. The summed E-state index contributed by atoms with van der Waals surface area (Å²) < 4.78 is 26.7. The van der Waals surface area contributed by atoms with E-state index in [1.54, 1.807) is 18.7 Å². The minimum absolute atomic E-state index is 0.150. The van der Waals surface area contributed by atoms with Crippen LogP contribution in [0.2, 0.25) is 0 Å². The molecule has 1 heterocycles. The molecule has 0 aliphatic heterocycles. The molecule has 1 atom stereocenters. The van der Waals surface area contributed by atoms with E-state index >= 15 is 0 Å². The van der Waals surface area contributed by atoms with Crippen LogP contribution in [0.5, 0.6) is 0 Å². The fourth-order valence-electron chi connectivity index (χ4n) is 1.46. The van der Waals surface area contributed by atoms with Crippen molar-refractivity contribution in [3.8, 4) is 0 Å². The molecule has 2 N–H and O–H groups in total. The molecule has 0 fully saturated rings. The highest BCUT2D eigenvalue weighted by molar-refractivity contribution is 7.99. The highest BCUT2D eigenvalue weighted by atomic mass is 32.2. The molecule has 5 nitrogen and oxygen atoms in total. The number of sulfonamides is 1. The fraction of sp³-hybridized carbons (Fsp3) is 0.545. The molecule has 1 aromatic rings. The highest BCUT2D eigenvalue weighted by Gasteiger charge is 2.24. The topological polar surface area (TPSA) is 83.5 Å². The van der Waals surface area contributed by atoms with E-state index in [4.69, 9.17) is 5.11 Å². The normalized spacial score (nSPS) is 13.4. The first-order valence-electron chi connectivity index (χ1n) is 5.79. The van der Waals surface area contributed by atoms with Crippen LogP contribution in [0.4, 0.5) is 0 Å². The number of thiophene rings is 1. The Morgan fingerprint density at radius 3 is 2.84 bits per heavy atom. The molecular formula is C11H17NO4S3. The number of rotatable bonds is 8. The summed E-state index contributed by atoms with van der Waals surface area (Å²) in [6, 6.07) is 1.11. The number of nitrogens with one attached hydrogen (secondary N) is 1. The molecule has 108 valence electrons. The van der Waals surface area contributed by atoms with Crippen LogP contribution >= 0.6 is 23.1 Å². The third-order valence-electron chi connectivity index (χ3n) is 2.37. The molecule has 0 saturated heterocycles. The molecule has 1 rings (SSSR count). The maximum absolute atomic E-state index is 12.1. The standard InChI is InChI=1S/C11H17NO4S3/c1-3-17-6-4-8(2)12-19(15,16)9-5-7-18-10(9)11(13)14/h5,7-8,12H,3-4,6H2,1-2H3,(H,13,14). The minimum atomic E-state index is -3.76. The summed E-state index contributed by atoms with van der Waals surface area (Å²) in [6.45, 7) is 3.82. The summed E-state index contributed by atoms with van der Waals surface area (Å²) in [5.41, 5.74) is 0. The summed E-state index contributed by atoms with van der Waals surface area (Å²) in [6.07, 6.45) is 0.713. The molecule has 0 aliphatic carbocycles. The largest absolute Gasteiger partial charge is 0.477 e. The molecule has 0 aromatic carbocycles. The lowest BCUT2D eigenvalue weighted by atomic mass is 10.3. The summed E-state index contributed by atoms with van der Waals surface area (Å²) >= 11 is 2.65. The lowest BCUT2D eigenvalue weighted by molar-refractivity contribution is 0.0698. The van der Waals surface area contributed by atoms with E-state index in [2.05, 4.69) is 4.72 Å². The Morgan fingerprint density at radius 2 is 2.26 bits per heavy atom. The number of hydrogen-bond donors (Lipinski definition) is 2. The van der Waals surface area contributed by atoms with Crippen molar-refractivity contribution in [2.45, 2.75) is 31.2 Å². The quantitative estimate of drug-likeness (QED) is 0.717. The van der Waals surface area contributed by atoms with Crippen molar-refractivity contribution in [3.63, 3.8) is 0 Å². The number of carbonyl (C=O) groups is 1. The van der Waals surface area contributed by atoms with Crippen molar-refractivity contribution in [1.82, 2.24) is 4.72 Å². The van der Waals surface area contributed by atoms with Crippen molar-refractivity contribution in [3.05, 3.63) is 16.3 Å². The average molecular weight is 323 g/mol. The van der Waals surface area contributed by atoms with E-state index in [9.17, 15) is 13.2 Å². The van der Waals surface area contributed by atoms with Gasteiger partial charge in [-0.05, 0) is 36.3 Å². The first kappa shape index (κ1) is 16.5. The van der Waals surface area contributed by atoms with E-state index in [1.165, 1.54) is 11.4 Å². The molecule has 0 aliphatic rings. The van der Waals surface area contributed by atoms with Gasteiger partial charge in [-0.1, -0.05) is 6.92 Å². The second kappa shape index (κ2) is 7.28. The minimum Gasteiger partial charge on any atom is -0.477 e. The Hall–Kier alpha value is -0.570. The van der Waals surface area contributed by atoms with Crippen LogP contribution in [0, 0.1) is 0 Å². The average Bonchev–Trinajstić information content (AvgIpc) is 2.78. The molecule has 0 saturated carbocycles. The van der Waals surface area contributed by atoms with Gasteiger partial charge >= 0.3 is 5.97 Å². The zero-order valence-electron chi connectivity index (χ0n) is 10.8. The lowest BCUT2D eigenvalue weighted by Crippen LogP contribution is -2.33. The van der Waals surface area contributed by atoms with Gasteiger partial charge in [0.2, 0.25) is 10.0 Å². The number of thioether (sulfide) groups is 1. The molecule has 0 bridgehead atoms. The Kier molecular flexibility index (Phi) is 6.31. The summed E-state index contributed by atoms with van der Waals surface area (Å²) in [7, 11) is -3.76. The monoisotopic (exact) mass is 323 g/mol. The predicted molar refractivity (Wildman–Crippen MR) is 78.7 cm³/mol. The van der Waals surface area contributed by atoms with Crippen molar-refractivity contribution in [2.24, 2.45) is 0 Å². The molecule has 8 heteroatoms. The predicted octanol–water partition coefficient (Wildman–Crippen LogP) is 2.26. The molecule has 0 radical (unpaired) electrons. The Bertz CT molecular complexity index is 524. The summed E-state index contributed by atoms with van der Waals surface area (Å²) in [4.78, 5) is 10.6. The van der Waals surface area contributed by atoms with Gasteiger partial charge < -0.3 is 5.11 Å². The lowest BCUT2D eigenvalue weighted by Gasteiger charge is -2.13. The molecule has 0 spiro atoms. The van der Waals surface area contributed by atoms with Crippen molar-refractivity contribution < 1.29 is 18.3 Å². The van der Waals surface area contributed by atoms with Crippen molar-refractivity contribution in [2.75, 3.05) is 11.5 Å². The SMILES string of the molecule is CCSCCC(C)NS(=O)(=O)c1ccsc1C(=O)O. The van der Waals surface area contributed by atoms with Gasteiger partial charge in [0.25, 0.3) is 0 Å². The molecule has 1 aromatic heterocycles. The van der Waals surface area contributed by atoms with Crippen LogP contribution < -0.4 is 4.72 Å². The van der Waals surface area contributed by atoms with Gasteiger partial charge in [-0.3, -0.25) is 0 Å². The molecule has 0 amide bonds. The Balaban J connectivity index is 2.75. The second-order valence-corrected chi connectivity index (χ2v) is 7.92. The van der Waals surface area contributed by atoms with Crippen LogP contribution in [-0.2, 0) is 10.0 Å². The van der Waals surface area contributed by atoms with E-state index in [0.29, 0.717) is 6.42 Å². The van der Waals surface area contributed by atoms with E-state index in [0.717, 1.165) is 22.8 Å². The van der Waals surface area contributed by atoms with E-state index in [-0.39, 0.29) is 15.8 Å². The van der Waals surface area contributed by atoms with Crippen LogP contribution in [-0.4, -0.2) is 37.0 Å². The zero-order chi connectivity index (χ0) is 14.5. The first-order chi connectivity index (χ1) is 8.88. The van der Waals surface area contributed by atoms with Crippen LogP contribution in [0.15, 0.2) is 16.3 Å². The first-order valence-corrected chi connectivity index (χ1v) is 9.31. The van der Waals surface area contributed by atoms with Gasteiger partial charge in [0.05, 0.1) is 0 Å². The highest BCUT2D eigenvalue weighted by Crippen LogP contribution is 2.22. The molecule has 19 heavy (non-hydrogen) atoms. The Morgan fingerprint density at radius 1 is 1.58 bits per heavy atom. The second-order valence-electron chi connectivity index (χ2n) is 3.93. The van der Waals surface area contributed by atoms with Crippen LogP contribution in [0.1, 0.15) is 29.9 Å². The maximum atomic E-state index is 12.1. The van der Waals surface area contributed by atoms with Gasteiger partial charge in [0, 0.05) is 6.04 Å². The van der Waals surface area contributed by atoms with E-state index < -0.39 is 16.0 Å². The summed E-state index contributed by atoms with van der Waals surface area (Å²) in [5, 5.41) is 10.4. The third-order valence-corrected chi connectivity index (χ3v) is 5.96. The summed E-state index contributed by atoms with van der Waals surface area (Å²) in [5.74, 6) is 0.646. The number of hydrogen-bond acceptors (Lipinski definition) is 5. The number of carboxylic acid groups (broad SMARTS) is 1. The maximum Gasteiger partial charge on any atom is 0.347 e. The Labute approximate surface area is 121 Å². The zero-order valence-corrected chi connectivity index (χ0v) is 13.2. The number of carboxylic acids is 1. The van der Waals surface area contributed by atoms with Crippen LogP contribution in [0.25, 0.3) is 0 Å². The van der Waals surface area contributed by atoms with Crippen molar-refractivity contribution in [1.29, 1.82) is 0 Å². The third kappa shape index (κ3) is 4.79.